The highest BCUT2D eigenvalue weighted by Crippen LogP contribution is 2.27. The lowest BCUT2D eigenvalue weighted by molar-refractivity contribution is 0.354. The summed E-state index contributed by atoms with van der Waals surface area (Å²) in [7, 11) is 3.27. The summed E-state index contributed by atoms with van der Waals surface area (Å²) in [5.74, 6) is 2.21. The number of aromatic nitrogens is 1. The van der Waals surface area contributed by atoms with Crippen molar-refractivity contribution in [1.29, 1.82) is 0 Å². The van der Waals surface area contributed by atoms with Crippen molar-refractivity contribution in [3.8, 4) is 11.5 Å². The van der Waals surface area contributed by atoms with Crippen molar-refractivity contribution in [2.24, 2.45) is 0 Å². The summed E-state index contributed by atoms with van der Waals surface area (Å²) in [5, 5.41) is 3.26. The Morgan fingerprint density at radius 3 is 2.62 bits per heavy atom. The van der Waals surface area contributed by atoms with Crippen molar-refractivity contribution >= 4 is 11.5 Å². The maximum Gasteiger partial charge on any atom is 0.160 e. The summed E-state index contributed by atoms with van der Waals surface area (Å²) in [6.07, 6.45) is 2.60. The molecule has 0 aliphatic rings. The van der Waals surface area contributed by atoms with E-state index in [0.717, 1.165) is 41.4 Å². The van der Waals surface area contributed by atoms with Gasteiger partial charge < -0.3 is 20.5 Å². The summed E-state index contributed by atoms with van der Waals surface area (Å²) in [5.41, 5.74) is 8.87. The first-order valence-electron chi connectivity index (χ1n) is 6.81. The van der Waals surface area contributed by atoms with E-state index in [1.54, 1.807) is 20.4 Å². The Kier molecular flexibility index (Phi) is 4.87. The van der Waals surface area contributed by atoms with Crippen LogP contribution in [0.15, 0.2) is 30.5 Å². The van der Waals surface area contributed by atoms with Crippen molar-refractivity contribution in [3.63, 3.8) is 0 Å². The minimum absolute atomic E-state index is 0.699. The van der Waals surface area contributed by atoms with Gasteiger partial charge in [-0.25, -0.2) is 4.98 Å². The van der Waals surface area contributed by atoms with Crippen LogP contribution in [0.2, 0.25) is 0 Å². The number of rotatable bonds is 6. The van der Waals surface area contributed by atoms with E-state index in [1.165, 1.54) is 0 Å². The van der Waals surface area contributed by atoms with Crippen LogP contribution < -0.4 is 20.5 Å². The molecule has 1 heterocycles. The topological polar surface area (TPSA) is 69.4 Å². The highest BCUT2D eigenvalue weighted by atomic mass is 16.5. The van der Waals surface area contributed by atoms with Gasteiger partial charge in [-0.2, -0.15) is 0 Å². The SMILES string of the molecule is COc1ccc(CCNc2nccc(C)c2N)cc1OC. The Bertz CT molecular complexity index is 614. The molecule has 0 fully saturated rings. The van der Waals surface area contributed by atoms with Crippen molar-refractivity contribution in [1.82, 2.24) is 4.98 Å². The normalized spacial score (nSPS) is 10.2. The van der Waals surface area contributed by atoms with Crippen LogP contribution in [-0.2, 0) is 6.42 Å². The van der Waals surface area contributed by atoms with Crippen molar-refractivity contribution < 1.29 is 9.47 Å². The standard InChI is InChI=1S/C16H21N3O2/c1-11-6-8-18-16(15(11)17)19-9-7-12-4-5-13(20-2)14(10-12)21-3/h4-6,8,10H,7,9,17H2,1-3H3,(H,18,19). The number of nitrogens with zero attached hydrogens (tertiary/aromatic N) is 1. The van der Waals surface area contributed by atoms with E-state index in [0.29, 0.717) is 5.69 Å². The summed E-state index contributed by atoms with van der Waals surface area (Å²) < 4.78 is 10.5. The van der Waals surface area contributed by atoms with Gasteiger partial charge >= 0.3 is 0 Å². The number of hydrogen-bond donors (Lipinski definition) is 2. The van der Waals surface area contributed by atoms with Crippen LogP contribution in [0.5, 0.6) is 11.5 Å². The van der Waals surface area contributed by atoms with Gasteiger partial charge in [0, 0.05) is 12.7 Å². The van der Waals surface area contributed by atoms with E-state index in [-0.39, 0.29) is 0 Å². The number of methoxy groups -OCH3 is 2. The number of benzene rings is 1. The molecule has 0 aliphatic carbocycles. The zero-order chi connectivity index (χ0) is 15.2. The number of pyridine rings is 1. The van der Waals surface area contributed by atoms with Gasteiger partial charge in [-0.3, -0.25) is 0 Å². The predicted molar refractivity (Wildman–Crippen MR) is 85.1 cm³/mol. The molecule has 0 spiro atoms. The average Bonchev–Trinajstić information content (AvgIpc) is 2.51. The van der Waals surface area contributed by atoms with Crippen LogP contribution in [0.3, 0.4) is 0 Å². The molecule has 0 radical (unpaired) electrons. The summed E-state index contributed by atoms with van der Waals surface area (Å²) in [6.45, 7) is 2.71. The third-order valence-electron chi connectivity index (χ3n) is 3.36. The number of hydrogen-bond acceptors (Lipinski definition) is 5. The second kappa shape index (κ2) is 6.83. The highest BCUT2D eigenvalue weighted by Gasteiger charge is 2.05. The van der Waals surface area contributed by atoms with E-state index in [9.17, 15) is 0 Å². The Morgan fingerprint density at radius 2 is 1.90 bits per heavy atom. The molecule has 0 saturated carbocycles. The van der Waals surface area contributed by atoms with Gasteiger partial charge in [0.05, 0.1) is 19.9 Å². The van der Waals surface area contributed by atoms with Gasteiger partial charge in [-0.15, -0.1) is 0 Å². The second-order valence-corrected chi connectivity index (χ2v) is 4.76. The molecule has 1 aromatic heterocycles. The molecule has 112 valence electrons. The minimum atomic E-state index is 0.699. The highest BCUT2D eigenvalue weighted by molar-refractivity contribution is 5.64. The number of aryl methyl sites for hydroxylation is 1. The molecule has 0 aliphatic heterocycles. The number of nitrogen functional groups attached to an aromatic ring is 1. The average molecular weight is 287 g/mol. The Balaban J connectivity index is 1.99. The third kappa shape index (κ3) is 3.56. The molecule has 0 atom stereocenters. The van der Waals surface area contributed by atoms with Gasteiger partial charge in [0.25, 0.3) is 0 Å². The molecular weight excluding hydrogens is 266 g/mol. The van der Waals surface area contributed by atoms with Gasteiger partial charge in [-0.1, -0.05) is 6.07 Å². The molecule has 0 unspecified atom stereocenters. The second-order valence-electron chi connectivity index (χ2n) is 4.76. The fourth-order valence-electron chi connectivity index (χ4n) is 2.07. The maximum absolute atomic E-state index is 5.98. The molecule has 2 aromatic rings. The molecule has 21 heavy (non-hydrogen) atoms. The van der Waals surface area contributed by atoms with Gasteiger partial charge in [-0.05, 0) is 42.7 Å². The largest absolute Gasteiger partial charge is 0.493 e. The predicted octanol–water partition coefficient (Wildman–Crippen LogP) is 2.64. The third-order valence-corrected chi connectivity index (χ3v) is 3.36. The summed E-state index contributed by atoms with van der Waals surface area (Å²) in [6, 6.07) is 7.81. The molecule has 0 bridgehead atoms. The molecule has 5 heteroatoms. The van der Waals surface area contributed by atoms with Crippen LogP contribution in [0.4, 0.5) is 11.5 Å². The first-order chi connectivity index (χ1) is 10.2. The van der Waals surface area contributed by atoms with E-state index in [2.05, 4.69) is 10.3 Å². The van der Waals surface area contributed by atoms with Crippen LogP contribution in [0.1, 0.15) is 11.1 Å². The molecule has 1 aromatic carbocycles. The lowest BCUT2D eigenvalue weighted by Crippen LogP contribution is -2.09. The van der Waals surface area contributed by atoms with Crippen molar-refractivity contribution in [2.75, 3.05) is 31.8 Å². The molecule has 3 N–H and O–H groups in total. The van der Waals surface area contributed by atoms with E-state index < -0.39 is 0 Å². The van der Waals surface area contributed by atoms with E-state index in [4.69, 9.17) is 15.2 Å². The number of nitrogens with one attached hydrogen (secondary N) is 1. The van der Waals surface area contributed by atoms with Crippen LogP contribution in [-0.4, -0.2) is 25.7 Å². The van der Waals surface area contributed by atoms with Gasteiger partial charge in [0.1, 0.15) is 5.82 Å². The van der Waals surface area contributed by atoms with Crippen LogP contribution in [0, 0.1) is 6.92 Å². The van der Waals surface area contributed by atoms with Crippen molar-refractivity contribution in [2.45, 2.75) is 13.3 Å². The fourth-order valence-corrected chi connectivity index (χ4v) is 2.07. The van der Waals surface area contributed by atoms with Gasteiger partial charge in [0.2, 0.25) is 0 Å². The lowest BCUT2D eigenvalue weighted by atomic mass is 10.1. The van der Waals surface area contributed by atoms with E-state index >= 15 is 0 Å². The smallest absolute Gasteiger partial charge is 0.160 e. The quantitative estimate of drug-likeness (QED) is 0.854. The van der Waals surface area contributed by atoms with Gasteiger partial charge in [0.15, 0.2) is 11.5 Å². The summed E-state index contributed by atoms with van der Waals surface area (Å²) in [4.78, 5) is 4.25. The maximum atomic E-state index is 5.98. The van der Waals surface area contributed by atoms with Crippen LogP contribution in [0.25, 0.3) is 0 Å². The fraction of sp³-hybridized carbons (Fsp3) is 0.312. The number of ether oxygens (including phenoxy) is 2. The monoisotopic (exact) mass is 287 g/mol. The number of nitrogens with two attached hydrogens (primary N) is 1. The first-order valence-corrected chi connectivity index (χ1v) is 6.81. The molecule has 0 saturated heterocycles. The van der Waals surface area contributed by atoms with Crippen LogP contribution >= 0.6 is 0 Å². The van der Waals surface area contributed by atoms with E-state index in [1.807, 2.05) is 31.2 Å². The minimum Gasteiger partial charge on any atom is -0.493 e. The zero-order valence-electron chi connectivity index (χ0n) is 12.6. The number of anilines is 2. The molecule has 5 nitrogen and oxygen atoms in total. The summed E-state index contributed by atoms with van der Waals surface area (Å²) >= 11 is 0. The Hall–Kier alpha value is -2.43. The molecule has 0 amide bonds. The zero-order valence-corrected chi connectivity index (χ0v) is 12.6. The Labute approximate surface area is 125 Å². The molecular formula is C16H21N3O2. The van der Waals surface area contributed by atoms with Crippen molar-refractivity contribution in [3.05, 3.63) is 41.6 Å². The lowest BCUT2D eigenvalue weighted by Gasteiger charge is -2.11. The Morgan fingerprint density at radius 1 is 1.14 bits per heavy atom. The molecule has 2 rings (SSSR count). The first kappa shape index (κ1) is 15.0.